The lowest BCUT2D eigenvalue weighted by molar-refractivity contribution is -0.121. The van der Waals surface area contributed by atoms with Gasteiger partial charge < -0.3 is 10.6 Å². The van der Waals surface area contributed by atoms with E-state index in [4.69, 9.17) is 0 Å². The van der Waals surface area contributed by atoms with E-state index in [1.165, 1.54) is 5.56 Å². The van der Waals surface area contributed by atoms with E-state index in [1.54, 1.807) is 0 Å². The van der Waals surface area contributed by atoms with Gasteiger partial charge in [0, 0.05) is 19.0 Å². The third kappa shape index (κ3) is 2.80. The summed E-state index contributed by atoms with van der Waals surface area (Å²) in [5.41, 5.74) is 1.19. The zero-order valence-electron chi connectivity index (χ0n) is 8.70. The normalized spacial score (nSPS) is 22.7. The van der Waals surface area contributed by atoms with Crippen molar-refractivity contribution in [2.75, 3.05) is 13.1 Å². The highest BCUT2D eigenvalue weighted by Crippen LogP contribution is 2.16. The smallest absolute Gasteiger partial charge is 0.221 e. The molecule has 1 unspecified atom stereocenters. The van der Waals surface area contributed by atoms with E-state index in [9.17, 15) is 4.79 Å². The van der Waals surface area contributed by atoms with Crippen molar-refractivity contribution in [3.05, 3.63) is 35.9 Å². The maximum Gasteiger partial charge on any atom is 0.221 e. The summed E-state index contributed by atoms with van der Waals surface area (Å²) in [6.07, 6.45) is 1.53. The van der Waals surface area contributed by atoms with E-state index >= 15 is 0 Å². The molecule has 1 saturated heterocycles. The first kappa shape index (κ1) is 10.2. The molecule has 80 valence electrons. The average molecular weight is 204 g/mol. The maximum atomic E-state index is 11.5. The lowest BCUT2D eigenvalue weighted by atomic mass is 10.0. The fraction of sp³-hybridized carbons (Fsp3) is 0.417. The van der Waals surface area contributed by atoms with Crippen molar-refractivity contribution in [1.29, 1.82) is 0 Å². The van der Waals surface area contributed by atoms with Gasteiger partial charge in [0.1, 0.15) is 0 Å². The Kier molecular flexibility index (Phi) is 3.35. The molecule has 1 aromatic carbocycles. The van der Waals surface area contributed by atoms with Crippen molar-refractivity contribution in [3.8, 4) is 0 Å². The van der Waals surface area contributed by atoms with Gasteiger partial charge >= 0.3 is 0 Å². The molecule has 2 N–H and O–H groups in total. The molecule has 3 heteroatoms. The van der Waals surface area contributed by atoms with Crippen molar-refractivity contribution in [3.63, 3.8) is 0 Å². The Morgan fingerprint density at radius 3 is 2.73 bits per heavy atom. The van der Waals surface area contributed by atoms with Crippen LogP contribution in [0.5, 0.6) is 0 Å². The summed E-state index contributed by atoms with van der Waals surface area (Å²) >= 11 is 0. The minimum atomic E-state index is 0.135. The molecule has 0 aliphatic carbocycles. The van der Waals surface area contributed by atoms with Crippen LogP contribution in [0, 0.1) is 0 Å². The molecule has 0 spiro atoms. The molecule has 0 radical (unpaired) electrons. The lowest BCUT2D eigenvalue weighted by Gasteiger charge is -2.21. The summed E-state index contributed by atoms with van der Waals surface area (Å²) in [4.78, 5) is 11.5. The molecule has 1 fully saturated rings. The summed E-state index contributed by atoms with van der Waals surface area (Å²) in [6, 6.07) is 10.3. The van der Waals surface area contributed by atoms with Gasteiger partial charge in [0.25, 0.3) is 0 Å². The van der Waals surface area contributed by atoms with Gasteiger partial charge in [-0.15, -0.1) is 0 Å². The molecule has 1 aliphatic heterocycles. The molecule has 3 nitrogen and oxygen atoms in total. The van der Waals surface area contributed by atoms with Crippen LogP contribution in [-0.4, -0.2) is 19.0 Å². The summed E-state index contributed by atoms with van der Waals surface area (Å²) in [6.45, 7) is 1.74. The Hall–Kier alpha value is -1.35. The number of amides is 1. The fourth-order valence-electron chi connectivity index (χ4n) is 1.84. The first-order valence-electron chi connectivity index (χ1n) is 5.41. The summed E-state index contributed by atoms with van der Waals surface area (Å²) < 4.78 is 0. The standard InChI is InChI=1S/C12H16N2O/c15-12-9-11(13-7-4-8-14-12)10-5-2-1-3-6-10/h1-3,5-6,11,13H,4,7-9H2,(H,14,15). The highest BCUT2D eigenvalue weighted by atomic mass is 16.1. The monoisotopic (exact) mass is 204 g/mol. The summed E-state index contributed by atoms with van der Waals surface area (Å²) in [5.74, 6) is 0.135. The Morgan fingerprint density at radius 2 is 1.93 bits per heavy atom. The number of hydrogen-bond acceptors (Lipinski definition) is 2. The SMILES string of the molecule is O=C1CC(c2ccccc2)NCCCN1. The van der Waals surface area contributed by atoms with Crippen LogP contribution in [0.25, 0.3) is 0 Å². The Bertz CT molecular complexity index is 324. The van der Waals surface area contributed by atoms with Crippen molar-refractivity contribution in [1.82, 2.24) is 10.6 Å². The van der Waals surface area contributed by atoms with Crippen LogP contribution in [0.4, 0.5) is 0 Å². The zero-order valence-corrected chi connectivity index (χ0v) is 8.70. The molecule has 1 aromatic rings. The van der Waals surface area contributed by atoms with Crippen LogP contribution in [0.15, 0.2) is 30.3 Å². The second kappa shape index (κ2) is 4.94. The zero-order chi connectivity index (χ0) is 10.5. The van der Waals surface area contributed by atoms with Crippen LogP contribution >= 0.6 is 0 Å². The van der Waals surface area contributed by atoms with Crippen LogP contribution in [0.1, 0.15) is 24.4 Å². The Morgan fingerprint density at radius 1 is 1.13 bits per heavy atom. The molecule has 1 amide bonds. The number of carbonyl (C=O) groups is 1. The van der Waals surface area contributed by atoms with Crippen LogP contribution in [0.2, 0.25) is 0 Å². The van der Waals surface area contributed by atoms with Crippen molar-refractivity contribution in [2.45, 2.75) is 18.9 Å². The van der Waals surface area contributed by atoms with Gasteiger partial charge in [-0.3, -0.25) is 4.79 Å². The van der Waals surface area contributed by atoms with Gasteiger partial charge in [0.15, 0.2) is 0 Å². The van der Waals surface area contributed by atoms with Gasteiger partial charge in [-0.1, -0.05) is 30.3 Å². The van der Waals surface area contributed by atoms with E-state index in [0.29, 0.717) is 6.42 Å². The molecule has 1 aliphatic rings. The predicted octanol–water partition coefficient (Wildman–Crippen LogP) is 1.23. The third-order valence-electron chi connectivity index (χ3n) is 2.66. The molecule has 0 aromatic heterocycles. The Labute approximate surface area is 89.9 Å². The summed E-state index contributed by atoms with van der Waals surface area (Å²) in [5, 5.41) is 6.31. The molecule has 1 heterocycles. The van der Waals surface area contributed by atoms with E-state index < -0.39 is 0 Å². The average Bonchev–Trinajstić information content (AvgIpc) is 2.24. The van der Waals surface area contributed by atoms with Crippen molar-refractivity contribution < 1.29 is 4.79 Å². The minimum absolute atomic E-state index is 0.135. The quantitative estimate of drug-likeness (QED) is 0.722. The molecule has 2 rings (SSSR count). The third-order valence-corrected chi connectivity index (χ3v) is 2.66. The maximum absolute atomic E-state index is 11.5. The van der Waals surface area contributed by atoms with Gasteiger partial charge in [-0.25, -0.2) is 0 Å². The first-order chi connectivity index (χ1) is 7.36. The van der Waals surface area contributed by atoms with Crippen LogP contribution in [-0.2, 0) is 4.79 Å². The molecule has 1 atom stereocenters. The van der Waals surface area contributed by atoms with Crippen molar-refractivity contribution >= 4 is 5.91 Å². The highest BCUT2D eigenvalue weighted by molar-refractivity contribution is 5.76. The van der Waals surface area contributed by atoms with Gasteiger partial charge in [-0.05, 0) is 18.5 Å². The van der Waals surface area contributed by atoms with E-state index in [2.05, 4.69) is 22.8 Å². The number of benzene rings is 1. The number of hydrogen-bond donors (Lipinski definition) is 2. The second-order valence-corrected chi connectivity index (χ2v) is 3.83. The minimum Gasteiger partial charge on any atom is -0.356 e. The fourth-order valence-corrected chi connectivity index (χ4v) is 1.84. The van der Waals surface area contributed by atoms with Crippen LogP contribution in [0.3, 0.4) is 0 Å². The first-order valence-corrected chi connectivity index (χ1v) is 5.41. The molecule has 15 heavy (non-hydrogen) atoms. The largest absolute Gasteiger partial charge is 0.356 e. The van der Waals surface area contributed by atoms with E-state index in [1.807, 2.05) is 18.2 Å². The van der Waals surface area contributed by atoms with E-state index in [0.717, 1.165) is 19.5 Å². The van der Waals surface area contributed by atoms with Gasteiger partial charge in [0.2, 0.25) is 5.91 Å². The second-order valence-electron chi connectivity index (χ2n) is 3.83. The summed E-state index contributed by atoms with van der Waals surface area (Å²) in [7, 11) is 0. The highest BCUT2D eigenvalue weighted by Gasteiger charge is 2.16. The topological polar surface area (TPSA) is 41.1 Å². The molecule has 0 bridgehead atoms. The number of rotatable bonds is 1. The van der Waals surface area contributed by atoms with Gasteiger partial charge in [0.05, 0.1) is 0 Å². The van der Waals surface area contributed by atoms with Gasteiger partial charge in [-0.2, -0.15) is 0 Å². The van der Waals surface area contributed by atoms with E-state index in [-0.39, 0.29) is 11.9 Å². The van der Waals surface area contributed by atoms with Crippen LogP contribution < -0.4 is 10.6 Å². The van der Waals surface area contributed by atoms with Crippen molar-refractivity contribution in [2.24, 2.45) is 0 Å². The molecule has 0 saturated carbocycles. The number of carbonyl (C=O) groups excluding carboxylic acids is 1. The molecular weight excluding hydrogens is 188 g/mol. The lowest BCUT2D eigenvalue weighted by Crippen LogP contribution is -2.36. The molecular formula is C12H16N2O. The Balaban J connectivity index is 2.09. The predicted molar refractivity (Wildman–Crippen MR) is 59.4 cm³/mol. The number of nitrogens with one attached hydrogen (secondary N) is 2.